The minimum Gasteiger partial charge on any atom is -0.482 e. The topological polar surface area (TPSA) is 52.3 Å². The zero-order valence-corrected chi connectivity index (χ0v) is 12.7. The zero-order chi connectivity index (χ0) is 14.9. The van der Waals surface area contributed by atoms with E-state index < -0.39 is 0 Å². The Morgan fingerprint density at radius 2 is 2.18 bits per heavy atom. The Labute approximate surface area is 131 Å². The third-order valence-corrected chi connectivity index (χ3v) is 5.12. The maximum atomic E-state index is 13.6. The zero-order valence-electron chi connectivity index (χ0n) is 11.9. The largest absolute Gasteiger partial charge is 0.482 e. The molecule has 1 saturated carbocycles. The van der Waals surface area contributed by atoms with Gasteiger partial charge in [-0.25, -0.2) is 4.39 Å². The molecule has 1 atom stereocenters. The molecule has 7 heteroatoms. The lowest BCUT2D eigenvalue weighted by Gasteiger charge is -2.26. The van der Waals surface area contributed by atoms with Crippen molar-refractivity contribution in [2.24, 2.45) is 5.10 Å². The van der Waals surface area contributed by atoms with E-state index in [9.17, 15) is 4.39 Å². The van der Waals surface area contributed by atoms with Gasteiger partial charge in [-0.3, -0.25) is 0 Å². The minimum absolute atomic E-state index is 0.149. The first-order chi connectivity index (χ1) is 10.8. The molecule has 5 nitrogen and oxygen atoms in total. The summed E-state index contributed by atoms with van der Waals surface area (Å²) in [6.07, 6.45) is 4.61. The van der Waals surface area contributed by atoms with Crippen LogP contribution >= 0.6 is 11.8 Å². The number of aromatic nitrogens is 3. The lowest BCUT2D eigenvalue weighted by atomic mass is 9.98. The number of rotatable bonds is 3. The smallest absolute Gasteiger partial charge is 0.212 e. The van der Waals surface area contributed by atoms with E-state index in [1.54, 1.807) is 34.6 Å². The van der Waals surface area contributed by atoms with Crippen LogP contribution < -0.4 is 4.74 Å². The molecule has 114 valence electrons. The molecule has 0 saturated heterocycles. The van der Waals surface area contributed by atoms with Gasteiger partial charge in [-0.2, -0.15) is 9.78 Å². The summed E-state index contributed by atoms with van der Waals surface area (Å²) in [6, 6.07) is 6.34. The van der Waals surface area contributed by atoms with Gasteiger partial charge in [0.05, 0.1) is 11.0 Å². The van der Waals surface area contributed by atoms with Crippen molar-refractivity contribution in [2.75, 3.05) is 0 Å². The summed E-state index contributed by atoms with van der Waals surface area (Å²) in [5, 5.41) is 14.2. The molecule has 2 aromatic rings. The number of para-hydroxylation sites is 1. The predicted octanol–water partition coefficient (Wildman–Crippen LogP) is 3.25. The van der Waals surface area contributed by atoms with Crippen LogP contribution in [-0.2, 0) is 6.61 Å². The lowest BCUT2D eigenvalue weighted by molar-refractivity contribution is 0.275. The number of halogens is 1. The maximum absolute atomic E-state index is 13.6. The summed E-state index contributed by atoms with van der Waals surface area (Å²) in [5.74, 6) is 0.433. The van der Waals surface area contributed by atoms with Crippen molar-refractivity contribution in [3.8, 4) is 5.75 Å². The van der Waals surface area contributed by atoms with Crippen LogP contribution in [0.3, 0.4) is 0 Å². The standard InChI is InChI=1S/C15H15FN4OS/c16-10-5-1-3-7-12(10)21-9-14-17-18-15-20(14)19-11-6-2-4-8-13(11)22-15/h1,3,5,7,13H,2,4,6,8-9H2. The number of hydrogen-bond donors (Lipinski definition) is 0. The normalized spacial score (nSPS) is 20.0. The van der Waals surface area contributed by atoms with E-state index in [1.807, 2.05) is 0 Å². The summed E-state index contributed by atoms with van der Waals surface area (Å²) < 4.78 is 20.8. The summed E-state index contributed by atoms with van der Waals surface area (Å²) in [4.78, 5) is 0. The van der Waals surface area contributed by atoms with E-state index in [0.717, 1.165) is 18.0 Å². The summed E-state index contributed by atoms with van der Waals surface area (Å²) >= 11 is 1.72. The van der Waals surface area contributed by atoms with E-state index in [-0.39, 0.29) is 18.2 Å². The number of nitrogens with zero attached hydrogens (tertiary/aromatic N) is 4. The number of benzene rings is 1. The van der Waals surface area contributed by atoms with Gasteiger partial charge in [0.15, 0.2) is 17.4 Å². The highest BCUT2D eigenvalue weighted by atomic mass is 32.2. The van der Waals surface area contributed by atoms with Crippen LogP contribution in [0.1, 0.15) is 31.5 Å². The average molecular weight is 318 g/mol. The highest BCUT2D eigenvalue weighted by Gasteiger charge is 2.29. The van der Waals surface area contributed by atoms with Crippen LogP contribution in [0.25, 0.3) is 0 Å². The third kappa shape index (κ3) is 2.49. The lowest BCUT2D eigenvalue weighted by Crippen LogP contribution is -2.27. The first-order valence-electron chi connectivity index (χ1n) is 7.37. The van der Waals surface area contributed by atoms with Crippen LogP contribution in [0, 0.1) is 5.82 Å². The van der Waals surface area contributed by atoms with E-state index >= 15 is 0 Å². The SMILES string of the molecule is Fc1ccccc1OCc1nnc2n1N=C1CCCCC1S2. The Bertz CT molecular complexity index is 730. The first kappa shape index (κ1) is 13.8. The van der Waals surface area contributed by atoms with E-state index in [1.165, 1.54) is 24.6 Å². The van der Waals surface area contributed by atoms with E-state index in [2.05, 4.69) is 15.3 Å². The molecule has 1 aliphatic heterocycles. The van der Waals surface area contributed by atoms with Crippen molar-refractivity contribution in [3.63, 3.8) is 0 Å². The van der Waals surface area contributed by atoms with Gasteiger partial charge in [-0.15, -0.1) is 10.2 Å². The Hall–Kier alpha value is -1.89. The summed E-state index contributed by atoms with van der Waals surface area (Å²) in [7, 11) is 0. The second kappa shape index (κ2) is 5.72. The molecule has 1 aromatic carbocycles. The summed E-state index contributed by atoms with van der Waals surface area (Å²) in [5.41, 5.74) is 1.20. The fourth-order valence-electron chi connectivity index (χ4n) is 2.72. The van der Waals surface area contributed by atoms with E-state index in [4.69, 9.17) is 4.74 Å². The third-order valence-electron chi connectivity index (χ3n) is 3.87. The Balaban J connectivity index is 1.55. The van der Waals surface area contributed by atoms with Gasteiger partial charge in [0, 0.05) is 0 Å². The number of thioether (sulfide) groups is 1. The van der Waals surface area contributed by atoms with Crippen LogP contribution in [0.4, 0.5) is 4.39 Å². The van der Waals surface area contributed by atoms with Gasteiger partial charge in [-0.05, 0) is 31.4 Å². The summed E-state index contributed by atoms with van der Waals surface area (Å²) in [6.45, 7) is 0.149. The number of fused-ring (bicyclic) bond motifs is 2. The van der Waals surface area contributed by atoms with Crippen LogP contribution in [-0.4, -0.2) is 25.8 Å². The second-order valence-corrected chi connectivity index (χ2v) is 6.54. The second-order valence-electron chi connectivity index (χ2n) is 5.37. The van der Waals surface area contributed by atoms with Crippen LogP contribution in [0.15, 0.2) is 34.5 Å². The van der Waals surface area contributed by atoms with Gasteiger partial charge in [-0.1, -0.05) is 30.3 Å². The van der Waals surface area contributed by atoms with Crippen molar-refractivity contribution in [1.82, 2.24) is 14.9 Å². The molecule has 0 spiro atoms. The molecular weight excluding hydrogens is 303 g/mol. The van der Waals surface area contributed by atoms with Crippen LogP contribution in [0.5, 0.6) is 5.75 Å². The molecule has 0 bridgehead atoms. The molecule has 2 aliphatic rings. The average Bonchev–Trinajstić information content (AvgIpc) is 2.94. The van der Waals surface area contributed by atoms with Gasteiger partial charge < -0.3 is 4.74 Å². The molecule has 0 amide bonds. The molecule has 4 rings (SSSR count). The Morgan fingerprint density at radius 1 is 1.27 bits per heavy atom. The maximum Gasteiger partial charge on any atom is 0.212 e. The molecule has 1 aliphatic carbocycles. The fourth-order valence-corrected chi connectivity index (χ4v) is 3.90. The molecule has 1 aromatic heterocycles. The Kier molecular flexibility index (Phi) is 3.57. The molecule has 1 unspecified atom stereocenters. The van der Waals surface area contributed by atoms with Gasteiger partial charge in [0.1, 0.15) is 6.61 Å². The highest BCUT2D eigenvalue weighted by molar-refractivity contribution is 8.00. The molecular formula is C15H15FN4OS. The minimum atomic E-state index is -0.381. The van der Waals surface area contributed by atoms with E-state index in [0.29, 0.717) is 11.1 Å². The molecule has 0 radical (unpaired) electrons. The molecule has 2 heterocycles. The monoisotopic (exact) mass is 318 g/mol. The number of hydrogen-bond acceptors (Lipinski definition) is 5. The predicted molar refractivity (Wildman–Crippen MR) is 81.7 cm³/mol. The number of ether oxygens (including phenoxy) is 1. The van der Waals surface area contributed by atoms with Crippen molar-refractivity contribution >= 4 is 17.5 Å². The van der Waals surface area contributed by atoms with Crippen molar-refractivity contribution < 1.29 is 9.13 Å². The van der Waals surface area contributed by atoms with Gasteiger partial charge in [0.25, 0.3) is 0 Å². The van der Waals surface area contributed by atoms with Crippen molar-refractivity contribution in [1.29, 1.82) is 0 Å². The van der Waals surface area contributed by atoms with Crippen LogP contribution in [0.2, 0.25) is 0 Å². The first-order valence-corrected chi connectivity index (χ1v) is 8.25. The highest BCUT2D eigenvalue weighted by Crippen LogP contribution is 2.35. The van der Waals surface area contributed by atoms with Crippen molar-refractivity contribution in [3.05, 3.63) is 35.9 Å². The Morgan fingerprint density at radius 3 is 3.09 bits per heavy atom. The van der Waals surface area contributed by atoms with Gasteiger partial charge >= 0.3 is 0 Å². The quantitative estimate of drug-likeness (QED) is 0.872. The van der Waals surface area contributed by atoms with Gasteiger partial charge in [0.2, 0.25) is 5.16 Å². The fraction of sp³-hybridized carbons (Fsp3) is 0.400. The molecule has 22 heavy (non-hydrogen) atoms. The molecule has 0 N–H and O–H groups in total. The molecule has 1 fully saturated rings. The van der Waals surface area contributed by atoms with Crippen molar-refractivity contribution in [2.45, 2.75) is 42.7 Å².